The second kappa shape index (κ2) is 5.05. The number of benzene rings is 1. The molecule has 1 aliphatic rings. The molecule has 1 aromatic rings. The van der Waals surface area contributed by atoms with Crippen LogP contribution in [-0.2, 0) is 4.79 Å². The molecule has 0 radical (unpaired) electrons. The summed E-state index contributed by atoms with van der Waals surface area (Å²) >= 11 is 1.73. The zero-order valence-corrected chi connectivity index (χ0v) is 10.0. The number of thioether (sulfide) groups is 1. The molecular formula is C12H13N3OS. The Morgan fingerprint density at radius 3 is 2.82 bits per heavy atom. The Kier molecular flexibility index (Phi) is 3.49. The van der Waals surface area contributed by atoms with Crippen molar-refractivity contribution in [2.45, 2.75) is 11.3 Å². The molecule has 1 heterocycles. The quantitative estimate of drug-likeness (QED) is 0.580. The maximum atomic E-state index is 11.7. The lowest BCUT2D eigenvalue weighted by molar-refractivity contribution is -0.114. The monoisotopic (exact) mass is 247 g/mol. The molecule has 1 amide bonds. The molecule has 0 saturated carbocycles. The topological polar surface area (TPSA) is 81.5 Å². The molecule has 1 aromatic carbocycles. The van der Waals surface area contributed by atoms with Crippen LogP contribution in [-0.4, -0.2) is 17.6 Å². The number of hydrogen-bond donors (Lipinski definition) is 2. The van der Waals surface area contributed by atoms with Crippen molar-refractivity contribution in [2.24, 2.45) is 16.5 Å². The largest absolute Gasteiger partial charge is 0.370 e. The van der Waals surface area contributed by atoms with E-state index in [4.69, 9.17) is 11.5 Å². The van der Waals surface area contributed by atoms with Crippen LogP contribution in [0.2, 0.25) is 0 Å². The fourth-order valence-corrected chi connectivity index (χ4v) is 2.63. The molecule has 4 N–H and O–H groups in total. The molecule has 0 bridgehead atoms. The van der Waals surface area contributed by atoms with Crippen molar-refractivity contribution >= 4 is 29.7 Å². The van der Waals surface area contributed by atoms with Gasteiger partial charge in [-0.3, -0.25) is 4.79 Å². The zero-order valence-electron chi connectivity index (χ0n) is 9.22. The first-order valence-electron chi connectivity index (χ1n) is 5.23. The molecule has 0 fully saturated rings. The highest BCUT2D eigenvalue weighted by Gasteiger charge is 2.14. The van der Waals surface area contributed by atoms with Crippen molar-refractivity contribution in [3.63, 3.8) is 0 Å². The maximum absolute atomic E-state index is 11.7. The van der Waals surface area contributed by atoms with Crippen LogP contribution >= 0.6 is 11.8 Å². The van der Waals surface area contributed by atoms with E-state index < -0.39 is 0 Å². The van der Waals surface area contributed by atoms with Gasteiger partial charge in [0.1, 0.15) is 0 Å². The second-order valence-electron chi connectivity index (χ2n) is 3.65. The molecule has 5 heteroatoms. The molecule has 88 valence electrons. The maximum Gasteiger partial charge on any atom is 0.276 e. The van der Waals surface area contributed by atoms with E-state index >= 15 is 0 Å². The van der Waals surface area contributed by atoms with Crippen LogP contribution in [0.25, 0.3) is 6.08 Å². The van der Waals surface area contributed by atoms with E-state index in [9.17, 15) is 4.79 Å². The van der Waals surface area contributed by atoms with Gasteiger partial charge >= 0.3 is 0 Å². The highest BCUT2D eigenvalue weighted by molar-refractivity contribution is 7.99. The van der Waals surface area contributed by atoms with E-state index in [1.54, 1.807) is 11.8 Å². The lowest BCUT2D eigenvalue weighted by Gasteiger charge is -2.00. The first-order valence-corrected chi connectivity index (χ1v) is 6.22. The summed E-state index contributed by atoms with van der Waals surface area (Å²) in [6, 6.07) is 7.97. The van der Waals surface area contributed by atoms with Crippen LogP contribution in [0.15, 0.2) is 39.7 Å². The molecule has 1 aliphatic heterocycles. The summed E-state index contributed by atoms with van der Waals surface area (Å²) in [5, 5.41) is 0. The predicted molar refractivity (Wildman–Crippen MR) is 70.6 cm³/mol. The van der Waals surface area contributed by atoms with E-state index in [1.165, 1.54) is 4.90 Å². The molecule has 0 spiro atoms. The van der Waals surface area contributed by atoms with Crippen molar-refractivity contribution in [1.82, 2.24) is 0 Å². The van der Waals surface area contributed by atoms with Gasteiger partial charge in [-0.15, -0.1) is 11.8 Å². The Bertz CT molecular complexity index is 504. The summed E-state index contributed by atoms with van der Waals surface area (Å²) in [4.78, 5) is 16.5. The first kappa shape index (κ1) is 11.7. The van der Waals surface area contributed by atoms with Gasteiger partial charge in [-0.2, -0.15) is 4.99 Å². The average Bonchev–Trinajstić information content (AvgIpc) is 2.49. The van der Waals surface area contributed by atoms with Gasteiger partial charge in [0.25, 0.3) is 5.91 Å². The fraction of sp³-hybridized carbons (Fsp3) is 0.167. The molecule has 0 saturated heterocycles. The minimum absolute atomic E-state index is 0.193. The average molecular weight is 247 g/mol. The SMILES string of the molecule is NC(N)=NC(=O)C1=Cc2ccccc2SCC1. The Hall–Kier alpha value is -1.75. The lowest BCUT2D eigenvalue weighted by Crippen LogP contribution is -2.24. The van der Waals surface area contributed by atoms with Gasteiger partial charge in [0.15, 0.2) is 5.96 Å². The van der Waals surface area contributed by atoms with E-state index in [0.29, 0.717) is 12.0 Å². The number of carbonyl (C=O) groups is 1. The number of amides is 1. The van der Waals surface area contributed by atoms with Crippen molar-refractivity contribution in [1.29, 1.82) is 0 Å². The molecular weight excluding hydrogens is 234 g/mol. The molecule has 0 atom stereocenters. The molecule has 4 nitrogen and oxygen atoms in total. The third-order valence-corrected chi connectivity index (χ3v) is 3.47. The highest BCUT2D eigenvalue weighted by Crippen LogP contribution is 2.30. The van der Waals surface area contributed by atoms with Crippen LogP contribution in [0.5, 0.6) is 0 Å². The molecule has 0 aliphatic carbocycles. The Morgan fingerprint density at radius 2 is 2.06 bits per heavy atom. The molecule has 2 rings (SSSR count). The van der Waals surface area contributed by atoms with Crippen LogP contribution < -0.4 is 11.5 Å². The van der Waals surface area contributed by atoms with Gasteiger partial charge in [0, 0.05) is 16.2 Å². The van der Waals surface area contributed by atoms with Gasteiger partial charge in [0.05, 0.1) is 0 Å². The number of nitrogens with zero attached hydrogens (tertiary/aromatic N) is 1. The standard InChI is InChI=1S/C12H13N3OS/c13-12(14)15-11(16)9-5-6-17-10-4-2-1-3-8(10)7-9/h1-4,7H,5-6H2,(H4,13,14,15,16). The summed E-state index contributed by atoms with van der Waals surface area (Å²) in [6.45, 7) is 0. The number of aliphatic imine (C=N–C) groups is 1. The minimum Gasteiger partial charge on any atom is -0.370 e. The zero-order chi connectivity index (χ0) is 12.3. The second-order valence-corrected chi connectivity index (χ2v) is 4.78. The number of nitrogens with two attached hydrogens (primary N) is 2. The van der Waals surface area contributed by atoms with Gasteiger partial charge in [-0.1, -0.05) is 18.2 Å². The van der Waals surface area contributed by atoms with Gasteiger partial charge in [-0.25, -0.2) is 0 Å². The van der Waals surface area contributed by atoms with E-state index in [1.807, 2.05) is 30.3 Å². The molecule has 17 heavy (non-hydrogen) atoms. The summed E-state index contributed by atoms with van der Waals surface area (Å²) in [6.07, 6.45) is 2.54. The van der Waals surface area contributed by atoms with Crippen molar-refractivity contribution in [2.75, 3.05) is 5.75 Å². The molecule has 0 aromatic heterocycles. The third kappa shape index (κ3) is 2.88. The number of carbonyl (C=O) groups excluding carboxylic acids is 1. The lowest BCUT2D eigenvalue weighted by atomic mass is 10.1. The summed E-state index contributed by atoms with van der Waals surface area (Å²) in [5.41, 5.74) is 12.1. The van der Waals surface area contributed by atoms with Gasteiger partial charge in [-0.05, 0) is 24.1 Å². The molecule has 0 unspecified atom stereocenters. The van der Waals surface area contributed by atoms with Crippen molar-refractivity contribution in [3.8, 4) is 0 Å². The van der Waals surface area contributed by atoms with Crippen LogP contribution in [0.4, 0.5) is 0 Å². The summed E-state index contributed by atoms with van der Waals surface area (Å²) in [7, 11) is 0. The van der Waals surface area contributed by atoms with E-state index in [0.717, 1.165) is 11.3 Å². The van der Waals surface area contributed by atoms with E-state index in [2.05, 4.69) is 4.99 Å². The van der Waals surface area contributed by atoms with Gasteiger partial charge < -0.3 is 11.5 Å². The third-order valence-electron chi connectivity index (χ3n) is 2.38. The smallest absolute Gasteiger partial charge is 0.276 e. The fourth-order valence-electron chi connectivity index (χ4n) is 1.62. The highest BCUT2D eigenvalue weighted by atomic mass is 32.2. The van der Waals surface area contributed by atoms with Crippen LogP contribution in [0, 0.1) is 0 Å². The number of guanidine groups is 1. The summed E-state index contributed by atoms with van der Waals surface area (Å²) in [5.74, 6) is 0.317. The van der Waals surface area contributed by atoms with Crippen molar-refractivity contribution in [3.05, 3.63) is 35.4 Å². The normalized spacial score (nSPS) is 14.2. The Morgan fingerprint density at radius 1 is 1.29 bits per heavy atom. The van der Waals surface area contributed by atoms with Gasteiger partial charge in [0.2, 0.25) is 0 Å². The first-order chi connectivity index (χ1) is 8.16. The number of fused-ring (bicyclic) bond motifs is 1. The van der Waals surface area contributed by atoms with Crippen molar-refractivity contribution < 1.29 is 4.79 Å². The Balaban J connectivity index is 2.34. The number of hydrogen-bond acceptors (Lipinski definition) is 2. The van der Waals surface area contributed by atoms with Crippen LogP contribution in [0.3, 0.4) is 0 Å². The Labute approximate surface area is 104 Å². The minimum atomic E-state index is -0.345. The van der Waals surface area contributed by atoms with Crippen LogP contribution in [0.1, 0.15) is 12.0 Å². The summed E-state index contributed by atoms with van der Waals surface area (Å²) < 4.78 is 0. The predicted octanol–water partition coefficient (Wildman–Crippen LogP) is 1.37. The number of rotatable bonds is 1. The van der Waals surface area contributed by atoms with E-state index in [-0.39, 0.29) is 11.9 Å².